The Labute approximate surface area is 88.6 Å². The number of aromatic nitrogens is 4. The van der Waals surface area contributed by atoms with Crippen LogP contribution < -0.4 is 5.32 Å². The maximum absolute atomic E-state index is 4.30. The average molecular weight is 205 g/mol. The summed E-state index contributed by atoms with van der Waals surface area (Å²) in [6, 6.07) is 2.47. The lowest BCUT2D eigenvalue weighted by molar-refractivity contribution is 0.590. The van der Waals surface area contributed by atoms with Gasteiger partial charge in [0.1, 0.15) is 6.33 Å². The van der Waals surface area contributed by atoms with Crippen molar-refractivity contribution in [3.8, 4) is 0 Å². The van der Waals surface area contributed by atoms with Gasteiger partial charge in [-0.25, -0.2) is 9.50 Å². The molecule has 1 unspecified atom stereocenters. The summed E-state index contributed by atoms with van der Waals surface area (Å²) in [6.07, 6.45) is 2.45. The van der Waals surface area contributed by atoms with Crippen LogP contribution in [0.4, 0.5) is 0 Å². The van der Waals surface area contributed by atoms with E-state index >= 15 is 0 Å². The molecule has 0 radical (unpaired) electrons. The second kappa shape index (κ2) is 3.94. The van der Waals surface area contributed by atoms with E-state index in [0.29, 0.717) is 11.8 Å². The molecule has 5 nitrogen and oxygen atoms in total. The Kier molecular flexibility index (Phi) is 2.64. The number of rotatable bonds is 3. The molecule has 2 aromatic rings. The molecule has 0 aliphatic carbocycles. The van der Waals surface area contributed by atoms with E-state index in [-0.39, 0.29) is 0 Å². The highest BCUT2D eigenvalue weighted by molar-refractivity contribution is 5.30. The summed E-state index contributed by atoms with van der Waals surface area (Å²) >= 11 is 0. The number of nitrogens with one attached hydrogen (secondary N) is 1. The topological polar surface area (TPSA) is 55.1 Å². The molecule has 0 aromatic carbocycles. The normalized spacial score (nSPS) is 13.3. The highest BCUT2D eigenvalue weighted by Crippen LogP contribution is 2.07. The molecule has 15 heavy (non-hydrogen) atoms. The quantitative estimate of drug-likeness (QED) is 0.796. The fourth-order valence-corrected chi connectivity index (χ4v) is 1.57. The Hall–Kier alpha value is -1.49. The van der Waals surface area contributed by atoms with Crippen molar-refractivity contribution in [3.05, 3.63) is 23.8 Å². The second-order valence-electron chi connectivity index (χ2n) is 3.75. The van der Waals surface area contributed by atoms with Gasteiger partial charge in [0.2, 0.25) is 0 Å². The van der Waals surface area contributed by atoms with E-state index in [0.717, 1.165) is 17.8 Å². The third kappa shape index (κ3) is 1.97. The van der Waals surface area contributed by atoms with Crippen LogP contribution in [0, 0.1) is 6.92 Å². The van der Waals surface area contributed by atoms with Crippen LogP contribution >= 0.6 is 0 Å². The van der Waals surface area contributed by atoms with Crippen LogP contribution in [-0.2, 0) is 6.42 Å². The summed E-state index contributed by atoms with van der Waals surface area (Å²) in [6.45, 7) is 4.11. The Morgan fingerprint density at radius 3 is 3.07 bits per heavy atom. The number of aryl methyl sites for hydroxylation is 1. The van der Waals surface area contributed by atoms with Crippen molar-refractivity contribution >= 4 is 5.78 Å². The zero-order valence-corrected chi connectivity index (χ0v) is 9.23. The van der Waals surface area contributed by atoms with Gasteiger partial charge in [-0.1, -0.05) is 0 Å². The molecule has 0 amide bonds. The van der Waals surface area contributed by atoms with E-state index in [1.807, 2.05) is 14.0 Å². The van der Waals surface area contributed by atoms with Crippen LogP contribution in [0.2, 0.25) is 0 Å². The van der Waals surface area contributed by atoms with Gasteiger partial charge in [0, 0.05) is 23.9 Å². The molecule has 0 fully saturated rings. The number of hydrogen-bond donors (Lipinski definition) is 1. The van der Waals surface area contributed by atoms with E-state index in [1.54, 1.807) is 4.52 Å². The van der Waals surface area contributed by atoms with Crippen LogP contribution in [0.25, 0.3) is 5.78 Å². The molecule has 1 atom stereocenters. The van der Waals surface area contributed by atoms with E-state index < -0.39 is 0 Å². The van der Waals surface area contributed by atoms with Crippen molar-refractivity contribution in [1.29, 1.82) is 0 Å². The zero-order chi connectivity index (χ0) is 10.8. The molecule has 1 N–H and O–H groups in total. The molecule has 2 heterocycles. The zero-order valence-electron chi connectivity index (χ0n) is 9.23. The molecule has 0 saturated carbocycles. The van der Waals surface area contributed by atoms with Crippen LogP contribution in [0.15, 0.2) is 12.4 Å². The van der Waals surface area contributed by atoms with Crippen LogP contribution in [-0.4, -0.2) is 32.7 Å². The first-order valence-corrected chi connectivity index (χ1v) is 5.04. The number of hydrogen-bond acceptors (Lipinski definition) is 4. The number of fused-ring (bicyclic) bond motifs is 1. The molecule has 0 aliphatic rings. The third-order valence-corrected chi connectivity index (χ3v) is 2.46. The van der Waals surface area contributed by atoms with Gasteiger partial charge in [0.15, 0.2) is 0 Å². The fraction of sp³-hybridized carbons (Fsp3) is 0.500. The Morgan fingerprint density at radius 2 is 2.33 bits per heavy atom. The highest BCUT2D eigenvalue weighted by Gasteiger charge is 2.08. The Bertz CT molecular complexity index is 462. The van der Waals surface area contributed by atoms with Crippen molar-refractivity contribution in [2.24, 2.45) is 0 Å². The maximum atomic E-state index is 4.30. The van der Waals surface area contributed by atoms with Crippen molar-refractivity contribution in [2.45, 2.75) is 26.3 Å². The molecular weight excluding hydrogens is 190 g/mol. The summed E-state index contributed by atoms with van der Waals surface area (Å²) < 4.78 is 1.79. The number of nitrogens with zero attached hydrogens (tertiary/aromatic N) is 4. The van der Waals surface area contributed by atoms with Crippen molar-refractivity contribution in [1.82, 2.24) is 24.9 Å². The first-order valence-electron chi connectivity index (χ1n) is 5.04. The van der Waals surface area contributed by atoms with Gasteiger partial charge in [-0.05, 0) is 27.0 Å². The molecule has 0 spiro atoms. The van der Waals surface area contributed by atoms with E-state index in [4.69, 9.17) is 0 Å². The highest BCUT2D eigenvalue weighted by atomic mass is 15.3. The fourth-order valence-electron chi connectivity index (χ4n) is 1.57. The minimum Gasteiger partial charge on any atom is -0.317 e. The molecule has 2 aromatic heterocycles. The number of likely N-dealkylation sites (N-methyl/N-ethyl adjacent to an activating group) is 1. The van der Waals surface area contributed by atoms with Gasteiger partial charge < -0.3 is 5.32 Å². The standard InChI is InChI=1S/C10H15N5/c1-7(11-3)4-9-5-8(2)14-10-12-6-13-15(9)10/h5-7,11H,4H2,1-3H3. The summed E-state index contributed by atoms with van der Waals surface area (Å²) in [4.78, 5) is 8.39. The van der Waals surface area contributed by atoms with Crippen molar-refractivity contribution in [2.75, 3.05) is 7.05 Å². The first kappa shape index (κ1) is 10.0. The van der Waals surface area contributed by atoms with Crippen molar-refractivity contribution < 1.29 is 0 Å². The molecule has 5 heteroatoms. The van der Waals surface area contributed by atoms with Crippen LogP contribution in [0.3, 0.4) is 0 Å². The molecule has 80 valence electrons. The summed E-state index contributed by atoms with van der Waals surface area (Å²) in [5, 5.41) is 7.37. The van der Waals surface area contributed by atoms with E-state index in [1.165, 1.54) is 6.33 Å². The lowest BCUT2D eigenvalue weighted by Gasteiger charge is -2.11. The van der Waals surface area contributed by atoms with Crippen LogP contribution in [0.1, 0.15) is 18.3 Å². The predicted molar refractivity (Wildman–Crippen MR) is 57.7 cm³/mol. The monoisotopic (exact) mass is 205 g/mol. The lowest BCUT2D eigenvalue weighted by Crippen LogP contribution is -2.25. The summed E-state index contributed by atoms with van der Waals surface area (Å²) in [5.74, 6) is 0.674. The summed E-state index contributed by atoms with van der Waals surface area (Å²) in [5.41, 5.74) is 2.12. The van der Waals surface area contributed by atoms with Gasteiger partial charge in [0.05, 0.1) is 0 Å². The molecular formula is C10H15N5. The average Bonchev–Trinajstić information content (AvgIpc) is 2.65. The van der Waals surface area contributed by atoms with Crippen molar-refractivity contribution in [3.63, 3.8) is 0 Å². The van der Waals surface area contributed by atoms with Gasteiger partial charge in [-0.15, -0.1) is 0 Å². The second-order valence-corrected chi connectivity index (χ2v) is 3.75. The predicted octanol–water partition coefficient (Wildman–Crippen LogP) is 0.583. The third-order valence-electron chi connectivity index (χ3n) is 2.46. The van der Waals surface area contributed by atoms with Gasteiger partial charge >= 0.3 is 0 Å². The Morgan fingerprint density at radius 1 is 1.53 bits per heavy atom. The molecule has 0 bridgehead atoms. The largest absolute Gasteiger partial charge is 0.317 e. The maximum Gasteiger partial charge on any atom is 0.252 e. The smallest absolute Gasteiger partial charge is 0.252 e. The minimum absolute atomic E-state index is 0.416. The van der Waals surface area contributed by atoms with Gasteiger partial charge in [-0.3, -0.25) is 0 Å². The lowest BCUT2D eigenvalue weighted by atomic mass is 10.1. The Balaban J connectivity index is 2.44. The first-order chi connectivity index (χ1) is 7.20. The summed E-state index contributed by atoms with van der Waals surface area (Å²) in [7, 11) is 1.96. The molecule has 0 aliphatic heterocycles. The molecule has 2 rings (SSSR count). The minimum atomic E-state index is 0.416. The molecule has 0 saturated heterocycles. The SMILES string of the molecule is CNC(C)Cc1cc(C)nc2ncnn12. The van der Waals surface area contributed by atoms with E-state index in [2.05, 4.69) is 33.4 Å². The van der Waals surface area contributed by atoms with E-state index in [9.17, 15) is 0 Å². The van der Waals surface area contributed by atoms with Gasteiger partial charge in [-0.2, -0.15) is 10.1 Å². The van der Waals surface area contributed by atoms with Crippen LogP contribution in [0.5, 0.6) is 0 Å². The van der Waals surface area contributed by atoms with Gasteiger partial charge in [0.25, 0.3) is 5.78 Å².